The van der Waals surface area contributed by atoms with Crippen molar-refractivity contribution in [1.82, 2.24) is 9.80 Å². The number of ether oxygens (including phenoxy) is 4. The van der Waals surface area contributed by atoms with Gasteiger partial charge in [0.1, 0.15) is 11.5 Å². The van der Waals surface area contributed by atoms with Gasteiger partial charge in [-0.3, -0.25) is 14.5 Å². The number of likely N-dealkylation sites (tertiary alicyclic amines) is 1. The molecule has 2 aromatic carbocycles. The lowest BCUT2D eigenvalue weighted by Gasteiger charge is -2.29. The first-order chi connectivity index (χ1) is 20.7. The van der Waals surface area contributed by atoms with E-state index in [9.17, 15) is 14.7 Å². The molecule has 0 bridgehead atoms. The van der Waals surface area contributed by atoms with Crippen molar-refractivity contribution in [2.45, 2.75) is 53.0 Å². The largest absolute Gasteiger partial charge is 0.507 e. The zero-order chi connectivity index (χ0) is 30.9. The molecule has 0 radical (unpaired) electrons. The Morgan fingerprint density at radius 1 is 1.02 bits per heavy atom. The highest BCUT2D eigenvalue weighted by Crippen LogP contribution is 2.42. The van der Waals surface area contributed by atoms with Crippen LogP contribution in [0.4, 0.5) is 0 Å². The van der Waals surface area contributed by atoms with Crippen LogP contribution in [-0.2, 0) is 14.3 Å². The molecule has 0 aromatic heterocycles. The predicted molar refractivity (Wildman–Crippen MR) is 166 cm³/mol. The van der Waals surface area contributed by atoms with E-state index >= 15 is 0 Å². The van der Waals surface area contributed by atoms with Crippen LogP contribution in [0.5, 0.6) is 17.2 Å². The first-order valence-electron chi connectivity index (χ1n) is 15.4. The van der Waals surface area contributed by atoms with Gasteiger partial charge in [0.05, 0.1) is 45.2 Å². The number of benzene rings is 2. The van der Waals surface area contributed by atoms with Crippen LogP contribution < -0.4 is 14.2 Å². The second kappa shape index (κ2) is 15.3. The van der Waals surface area contributed by atoms with Crippen molar-refractivity contribution in [3.8, 4) is 17.2 Å². The maximum Gasteiger partial charge on any atom is 0.295 e. The summed E-state index contributed by atoms with van der Waals surface area (Å²) in [6.45, 7) is 13.5. The number of morpholine rings is 1. The summed E-state index contributed by atoms with van der Waals surface area (Å²) in [5.74, 6) is 0.770. The molecule has 9 nitrogen and oxygen atoms in total. The maximum atomic E-state index is 13.6. The van der Waals surface area contributed by atoms with E-state index in [0.717, 1.165) is 38.0 Å². The summed E-state index contributed by atoms with van der Waals surface area (Å²) in [5.41, 5.74) is 1.97. The topological polar surface area (TPSA) is 97.8 Å². The quantitative estimate of drug-likeness (QED) is 0.177. The minimum Gasteiger partial charge on any atom is -0.507 e. The second-order valence-electron chi connectivity index (χ2n) is 11.6. The molecule has 1 unspecified atom stereocenters. The van der Waals surface area contributed by atoms with Crippen LogP contribution in [0.1, 0.15) is 62.8 Å². The van der Waals surface area contributed by atoms with Crippen LogP contribution in [0.2, 0.25) is 0 Å². The lowest BCUT2D eigenvalue weighted by atomic mass is 9.93. The molecule has 2 heterocycles. The third kappa shape index (κ3) is 7.89. The van der Waals surface area contributed by atoms with Crippen molar-refractivity contribution >= 4 is 17.4 Å². The fraction of sp³-hybridized carbons (Fsp3) is 0.529. The molecule has 43 heavy (non-hydrogen) atoms. The molecular formula is C34H46N2O7. The van der Waals surface area contributed by atoms with Crippen LogP contribution in [0.3, 0.4) is 0 Å². The number of aliphatic hydroxyl groups is 1. The van der Waals surface area contributed by atoms with E-state index in [-0.39, 0.29) is 11.3 Å². The number of hydrogen-bond donors (Lipinski definition) is 1. The minimum atomic E-state index is -0.779. The number of Topliss-reactive ketones (excluding diaryl/α,β-unsaturated/α-hetero) is 1. The van der Waals surface area contributed by atoms with Crippen molar-refractivity contribution < 1.29 is 33.6 Å². The van der Waals surface area contributed by atoms with Gasteiger partial charge in [0.15, 0.2) is 11.5 Å². The Balaban J connectivity index is 1.70. The molecule has 0 spiro atoms. The van der Waals surface area contributed by atoms with E-state index < -0.39 is 17.7 Å². The Labute approximate surface area is 255 Å². The maximum absolute atomic E-state index is 13.6. The number of hydrogen-bond acceptors (Lipinski definition) is 8. The van der Waals surface area contributed by atoms with E-state index in [0.29, 0.717) is 73.7 Å². The zero-order valence-electron chi connectivity index (χ0n) is 26.2. The number of ketones is 1. The summed E-state index contributed by atoms with van der Waals surface area (Å²) in [6.07, 6.45) is 2.45. The van der Waals surface area contributed by atoms with Gasteiger partial charge in [0.2, 0.25) is 0 Å². The highest BCUT2D eigenvalue weighted by atomic mass is 16.5. The van der Waals surface area contributed by atoms with Gasteiger partial charge >= 0.3 is 0 Å². The van der Waals surface area contributed by atoms with Gasteiger partial charge in [-0.2, -0.15) is 0 Å². The van der Waals surface area contributed by atoms with Crippen LogP contribution in [-0.4, -0.2) is 86.3 Å². The summed E-state index contributed by atoms with van der Waals surface area (Å²) in [4.78, 5) is 31.0. The highest BCUT2D eigenvalue weighted by molar-refractivity contribution is 6.46. The molecule has 1 N–H and O–H groups in total. The highest BCUT2D eigenvalue weighted by Gasteiger charge is 2.46. The number of aryl methyl sites for hydroxylation is 1. The van der Waals surface area contributed by atoms with Gasteiger partial charge < -0.3 is 29.0 Å². The number of amides is 1. The molecule has 2 aromatic rings. The van der Waals surface area contributed by atoms with Gasteiger partial charge in [-0.15, -0.1) is 0 Å². The average Bonchev–Trinajstić information content (AvgIpc) is 3.25. The van der Waals surface area contributed by atoms with E-state index in [1.54, 1.807) is 30.2 Å². The van der Waals surface area contributed by atoms with E-state index in [4.69, 9.17) is 18.9 Å². The van der Waals surface area contributed by atoms with Gasteiger partial charge in [0.25, 0.3) is 11.7 Å². The Kier molecular flexibility index (Phi) is 11.5. The van der Waals surface area contributed by atoms with Gasteiger partial charge in [0, 0.05) is 31.7 Å². The summed E-state index contributed by atoms with van der Waals surface area (Å²) >= 11 is 0. The summed E-state index contributed by atoms with van der Waals surface area (Å²) in [7, 11) is 1.57. The van der Waals surface area contributed by atoms with E-state index in [1.165, 1.54) is 0 Å². The van der Waals surface area contributed by atoms with Crippen LogP contribution in [0.15, 0.2) is 42.0 Å². The minimum absolute atomic E-state index is 0.0669. The van der Waals surface area contributed by atoms with Crippen LogP contribution in [0.25, 0.3) is 5.76 Å². The summed E-state index contributed by atoms with van der Waals surface area (Å²) in [6, 6.07) is 10.0. The molecule has 1 atom stereocenters. The smallest absolute Gasteiger partial charge is 0.295 e. The third-order valence-corrected chi connectivity index (χ3v) is 7.90. The Morgan fingerprint density at radius 2 is 1.79 bits per heavy atom. The van der Waals surface area contributed by atoms with Crippen molar-refractivity contribution in [3.05, 3.63) is 58.7 Å². The first-order valence-corrected chi connectivity index (χ1v) is 15.4. The monoisotopic (exact) mass is 594 g/mol. The predicted octanol–water partition coefficient (Wildman–Crippen LogP) is 5.36. The lowest BCUT2D eigenvalue weighted by molar-refractivity contribution is -0.140. The molecule has 234 valence electrons. The SMILES string of the molecule is CCCOc1ccc(C(O)=C2C(=O)C(=O)N(CCCN3CCOCC3)C2c2ccc(OCCC(C)C)c(OC)c2)c(C)c1. The first kappa shape index (κ1) is 32.4. The number of carbonyl (C=O) groups is 2. The number of rotatable bonds is 14. The van der Waals surface area contributed by atoms with Crippen molar-refractivity contribution in [2.75, 3.05) is 59.7 Å². The summed E-state index contributed by atoms with van der Waals surface area (Å²) < 4.78 is 22.9. The van der Waals surface area contributed by atoms with Gasteiger partial charge in [-0.25, -0.2) is 0 Å². The zero-order valence-corrected chi connectivity index (χ0v) is 26.2. The third-order valence-electron chi connectivity index (χ3n) is 7.90. The molecule has 4 rings (SSSR count). The van der Waals surface area contributed by atoms with Crippen molar-refractivity contribution in [2.24, 2.45) is 5.92 Å². The van der Waals surface area contributed by atoms with Crippen LogP contribution >= 0.6 is 0 Å². The fourth-order valence-corrected chi connectivity index (χ4v) is 5.48. The summed E-state index contributed by atoms with van der Waals surface area (Å²) in [5, 5.41) is 11.6. The molecule has 0 aliphatic carbocycles. The Hall–Kier alpha value is -3.56. The van der Waals surface area contributed by atoms with E-state index in [1.807, 2.05) is 32.0 Å². The molecule has 2 fully saturated rings. The van der Waals surface area contributed by atoms with Gasteiger partial charge in [-0.1, -0.05) is 26.8 Å². The number of nitrogens with zero attached hydrogens (tertiary/aromatic N) is 2. The molecule has 2 aliphatic rings. The average molecular weight is 595 g/mol. The number of carbonyl (C=O) groups excluding carboxylic acids is 2. The fourth-order valence-electron chi connectivity index (χ4n) is 5.48. The Bertz CT molecular complexity index is 1300. The van der Waals surface area contributed by atoms with Crippen molar-refractivity contribution in [1.29, 1.82) is 0 Å². The standard InChI is InChI=1S/C34H46N2O7/c1-6-17-42-26-9-10-27(24(4)21-26)32(37)30-31(25-8-11-28(29(22-25)40-5)43-18-12-23(2)3)36(34(39)33(30)38)14-7-13-35-15-19-41-20-16-35/h8-11,21-23,31,37H,6-7,12-20H2,1-5H3. The number of aliphatic hydroxyl groups excluding tert-OH is 1. The molecule has 2 aliphatic heterocycles. The van der Waals surface area contributed by atoms with Crippen molar-refractivity contribution in [3.63, 3.8) is 0 Å². The molecule has 9 heteroatoms. The normalized spacial score (nSPS) is 18.8. The molecule has 2 saturated heterocycles. The molecule has 0 saturated carbocycles. The second-order valence-corrected chi connectivity index (χ2v) is 11.6. The van der Waals surface area contributed by atoms with Gasteiger partial charge in [-0.05, 0) is 73.6 Å². The lowest BCUT2D eigenvalue weighted by Crippen LogP contribution is -2.39. The number of methoxy groups -OCH3 is 1. The molecular weight excluding hydrogens is 548 g/mol. The van der Waals surface area contributed by atoms with Crippen LogP contribution in [0, 0.1) is 12.8 Å². The van der Waals surface area contributed by atoms with E-state index in [2.05, 4.69) is 18.7 Å². The molecule has 1 amide bonds. The Morgan fingerprint density at radius 3 is 2.47 bits per heavy atom.